The minimum absolute atomic E-state index is 0.366. The lowest BCUT2D eigenvalue weighted by molar-refractivity contribution is -0.147. The van der Waals surface area contributed by atoms with E-state index in [0.717, 1.165) is 78.2 Å². The zero-order valence-electron chi connectivity index (χ0n) is 24.5. The monoisotopic (exact) mass is 593 g/mol. The summed E-state index contributed by atoms with van der Waals surface area (Å²) in [6, 6.07) is 11.0. The zero-order valence-corrected chi connectivity index (χ0v) is 25.3. The van der Waals surface area contributed by atoms with Crippen LogP contribution in [0.4, 0.5) is 5.13 Å². The van der Waals surface area contributed by atoms with E-state index in [9.17, 15) is 9.90 Å². The fraction of sp³-hybridized carbons (Fsp3) is 0.500. The van der Waals surface area contributed by atoms with Gasteiger partial charge in [0.25, 0.3) is 0 Å². The second-order valence-electron chi connectivity index (χ2n) is 11.4. The molecule has 0 unspecified atom stereocenters. The molecule has 42 heavy (non-hydrogen) atoms. The van der Waals surface area contributed by atoms with Crippen LogP contribution in [-0.4, -0.2) is 80.2 Å². The highest BCUT2D eigenvalue weighted by Gasteiger charge is 2.35. The number of ether oxygens (including phenoxy) is 4. The lowest BCUT2D eigenvalue weighted by Crippen LogP contribution is -2.47. The third-order valence-electron chi connectivity index (χ3n) is 8.85. The van der Waals surface area contributed by atoms with Crippen LogP contribution in [0, 0.1) is 12.8 Å². The number of rotatable bonds is 9. The highest BCUT2D eigenvalue weighted by Crippen LogP contribution is 2.38. The van der Waals surface area contributed by atoms with Gasteiger partial charge < -0.3 is 29.0 Å². The van der Waals surface area contributed by atoms with Crippen molar-refractivity contribution in [3.05, 3.63) is 58.0 Å². The zero-order chi connectivity index (χ0) is 29.2. The summed E-state index contributed by atoms with van der Waals surface area (Å²) < 4.78 is 23.5. The second-order valence-corrected chi connectivity index (χ2v) is 12.2. The van der Waals surface area contributed by atoms with Gasteiger partial charge >= 0.3 is 5.97 Å². The van der Waals surface area contributed by atoms with Gasteiger partial charge in [-0.1, -0.05) is 18.2 Å². The van der Waals surface area contributed by atoms with Gasteiger partial charge in [-0.05, 0) is 55.0 Å². The maximum Gasteiger partial charge on any atom is 0.309 e. The van der Waals surface area contributed by atoms with Crippen LogP contribution in [0.3, 0.4) is 0 Å². The van der Waals surface area contributed by atoms with Crippen molar-refractivity contribution in [1.82, 2.24) is 9.88 Å². The van der Waals surface area contributed by atoms with Crippen LogP contribution in [0.25, 0.3) is 11.3 Å². The van der Waals surface area contributed by atoms with Crippen molar-refractivity contribution < 1.29 is 28.8 Å². The van der Waals surface area contributed by atoms with E-state index in [1.54, 1.807) is 25.6 Å². The molecule has 2 saturated heterocycles. The van der Waals surface area contributed by atoms with Crippen molar-refractivity contribution in [3.63, 3.8) is 0 Å². The van der Waals surface area contributed by atoms with E-state index in [1.165, 1.54) is 11.1 Å². The molecule has 3 aliphatic heterocycles. The van der Waals surface area contributed by atoms with Crippen LogP contribution in [0.15, 0.2) is 35.7 Å². The Bertz CT molecular complexity index is 1400. The number of methoxy groups -OCH3 is 2. The van der Waals surface area contributed by atoms with Gasteiger partial charge in [-0.2, -0.15) is 0 Å². The first-order valence-corrected chi connectivity index (χ1v) is 15.5. The number of aliphatic carboxylic acids is 1. The summed E-state index contributed by atoms with van der Waals surface area (Å²) in [6.07, 6.45) is 2.24. The number of para-hydroxylation sites is 1. The van der Waals surface area contributed by atoms with Gasteiger partial charge in [0.2, 0.25) is 0 Å². The number of benzene rings is 2. The molecule has 0 spiro atoms. The van der Waals surface area contributed by atoms with E-state index < -0.39 is 11.9 Å². The van der Waals surface area contributed by atoms with Gasteiger partial charge in [0.15, 0.2) is 5.13 Å². The van der Waals surface area contributed by atoms with E-state index in [0.29, 0.717) is 32.2 Å². The normalized spacial score (nSPS) is 22.6. The second kappa shape index (κ2) is 12.6. The predicted molar refractivity (Wildman–Crippen MR) is 162 cm³/mol. The number of carboxylic acids is 1. The van der Waals surface area contributed by atoms with Crippen LogP contribution in [0.2, 0.25) is 0 Å². The molecule has 2 fully saturated rings. The summed E-state index contributed by atoms with van der Waals surface area (Å²) in [5.41, 5.74) is 6.53. The molecule has 3 aliphatic rings. The van der Waals surface area contributed by atoms with Gasteiger partial charge in [-0.25, -0.2) is 4.98 Å². The molecule has 3 atom stereocenters. The molecule has 224 valence electrons. The lowest BCUT2D eigenvalue weighted by atomic mass is 9.94. The molecular formula is C32H39N3O6S. The molecule has 1 N–H and O–H groups in total. The SMILES string of the molecule is COc1cc(COc2c(C)cccc2-c2csc(N3CC[C@H](C(=O)O)[C@H](OC)C3)n2)cc2c1CN([C@@H]1CCOC1)CC2. The molecule has 0 bridgehead atoms. The molecular weight excluding hydrogens is 554 g/mol. The van der Waals surface area contributed by atoms with Crippen molar-refractivity contribution in [2.24, 2.45) is 5.92 Å². The smallest absolute Gasteiger partial charge is 0.309 e. The number of aromatic nitrogens is 1. The first kappa shape index (κ1) is 28.9. The Balaban J connectivity index is 1.18. The third-order valence-corrected chi connectivity index (χ3v) is 9.75. The number of anilines is 1. The number of nitrogens with zero attached hydrogens (tertiary/aromatic N) is 3. The Morgan fingerprint density at radius 1 is 1.21 bits per heavy atom. The Hall–Kier alpha value is -3.18. The van der Waals surface area contributed by atoms with Gasteiger partial charge in [0.05, 0.1) is 31.4 Å². The highest BCUT2D eigenvalue weighted by atomic mass is 32.1. The van der Waals surface area contributed by atoms with Crippen LogP contribution in [0.1, 0.15) is 35.1 Å². The minimum atomic E-state index is -0.805. The molecule has 9 nitrogen and oxygen atoms in total. The fourth-order valence-electron chi connectivity index (χ4n) is 6.45. The first-order valence-electron chi connectivity index (χ1n) is 14.6. The van der Waals surface area contributed by atoms with Crippen molar-refractivity contribution in [2.75, 3.05) is 52.0 Å². The lowest BCUT2D eigenvalue weighted by Gasteiger charge is -2.35. The standard InChI is InChI=1S/C32H39N3O6S/c1-20-5-4-6-24(27-19-42-32(33-27)35-11-8-25(31(36)37)29(16-35)39-3)30(20)41-17-21-13-22-7-10-34(23-9-12-40-18-23)15-26(22)28(14-21)38-2/h4-6,13-14,19,23,25,29H,7-12,15-18H2,1-3H3,(H,36,37)/t23-,25+,29-/m1/s1. The average Bonchev–Trinajstić information content (AvgIpc) is 3.73. The number of aryl methyl sites for hydroxylation is 1. The third kappa shape index (κ3) is 5.86. The van der Waals surface area contributed by atoms with E-state index >= 15 is 0 Å². The summed E-state index contributed by atoms with van der Waals surface area (Å²) in [6.45, 7) is 7.21. The van der Waals surface area contributed by atoms with Crippen molar-refractivity contribution in [2.45, 2.75) is 51.5 Å². The molecule has 0 aliphatic carbocycles. The first-order chi connectivity index (χ1) is 20.4. The summed E-state index contributed by atoms with van der Waals surface area (Å²) in [5.74, 6) is 0.439. The summed E-state index contributed by atoms with van der Waals surface area (Å²) in [4.78, 5) is 21.2. The molecule has 2 aromatic carbocycles. The van der Waals surface area contributed by atoms with Crippen molar-refractivity contribution in [1.29, 1.82) is 0 Å². The maximum atomic E-state index is 11.6. The highest BCUT2D eigenvalue weighted by molar-refractivity contribution is 7.14. The maximum absolute atomic E-state index is 11.6. The van der Waals surface area contributed by atoms with E-state index in [2.05, 4.69) is 34.9 Å². The molecule has 6 rings (SSSR count). The van der Waals surface area contributed by atoms with E-state index in [1.807, 2.05) is 17.5 Å². The van der Waals surface area contributed by atoms with Crippen LogP contribution in [-0.2, 0) is 33.8 Å². The predicted octanol–water partition coefficient (Wildman–Crippen LogP) is 4.78. The summed E-state index contributed by atoms with van der Waals surface area (Å²) in [7, 11) is 3.32. The Morgan fingerprint density at radius 2 is 2.10 bits per heavy atom. The molecule has 10 heteroatoms. The van der Waals surface area contributed by atoms with E-state index in [4.69, 9.17) is 23.9 Å². The molecule has 3 aromatic rings. The molecule has 1 aromatic heterocycles. The molecule has 0 saturated carbocycles. The number of hydrogen-bond donors (Lipinski definition) is 1. The minimum Gasteiger partial charge on any atom is -0.496 e. The van der Waals surface area contributed by atoms with Crippen LogP contribution >= 0.6 is 11.3 Å². The van der Waals surface area contributed by atoms with Crippen molar-refractivity contribution in [3.8, 4) is 22.8 Å². The van der Waals surface area contributed by atoms with Crippen molar-refractivity contribution >= 4 is 22.4 Å². The topological polar surface area (TPSA) is 93.6 Å². The molecule has 0 radical (unpaired) electrons. The number of piperidine rings is 1. The number of hydrogen-bond acceptors (Lipinski definition) is 9. The Labute approximate surface area is 251 Å². The quantitative estimate of drug-likeness (QED) is 0.376. The fourth-order valence-corrected chi connectivity index (χ4v) is 7.31. The number of fused-ring (bicyclic) bond motifs is 1. The van der Waals surface area contributed by atoms with Gasteiger partial charge in [-0.15, -0.1) is 11.3 Å². The van der Waals surface area contributed by atoms with Gasteiger partial charge in [-0.3, -0.25) is 9.69 Å². The van der Waals surface area contributed by atoms with Crippen LogP contribution < -0.4 is 14.4 Å². The Morgan fingerprint density at radius 3 is 2.86 bits per heavy atom. The van der Waals surface area contributed by atoms with E-state index in [-0.39, 0.29) is 6.10 Å². The number of carbonyl (C=O) groups is 1. The summed E-state index contributed by atoms with van der Waals surface area (Å²) >= 11 is 1.56. The molecule has 0 amide bonds. The van der Waals surface area contributed by atoms with Crippen LogP contribution in [0.5, 0.6) is 11.5 Å². The van der Waals surface area contributed by atoms with Gasteiger partial charge in [0.1, 0.15) is 18.1 Å². The summed E-state index contributed by atoms with van der Waals surface area (Å²) in [5, 5.41) is 12.4. The largest absolute Gasteiger partial charge is 0.496 e. The average molecular weight is 594 g/mol. The number of thiazole rings is 1. The Kier molecular flexibility index (Phi) is 8.67. The number of carboxylic acid groups (broad SMARTS) is 1. The molecule has 4 heterocycles. The van der Waals surface area contributed by atoms with Gasteiger partial charge in [0, 0.05) is 62.4 Å².